The van der Waals surface area contributed by atoms with Gasteiger partial charge in [-0.1, -0.05) is 29.8 Å². The minimum Gasteiger partial charge on any atom is -0.353 e. The Kier molecular flexibility index (Phi) is 5.86. The molecule has 10 heteroatoms. The van der Waals surface area contributed by atoms with Gasteiger partial charge >= 0.3 is 6.18 Å². The Bertz CT molecular complexity index is 1060. The highest BCUT2D eigenvalue weighted by molar-refractivity contribution is 6.31. The number of H-pyrrole nitrogens is 1. The molecule has 31 heavy (non-hydrogen) atoms. The molecule has 0 unspecified atom stereocenters. The maximum atomic E-state index is 12.7. The third kappa shape index (κ3) is 4.82. The number of rotatable bonds is 4. The molecule has 2 aromatic heterocycles. The lowest BCUT2D eigenvalue weighted by molar-refractivity contribution is -0.140. The predicted molar refractivity (Wildman–Crippen MR) is 111 cm³/mol. The van der Waals surface area contributed by atoms with Crippen LogP contribution in [0.2, 0.25) is 5.02 Å². The van der Waals surface area contributed by atoms with Crippen LogP contribution in [0, 0.1) is 0 Å². The molecule has 162 valence electrons. The first-order chi connectivity index (χ1) is 14.8. The van der Waals surface area contributed by atoms with Gasteiger partial charge < -0.3 is 14.8 Å². The van der Waals surface area contributed by atoms with Crippen LogP contribution in [0.25, 0.3) is 11.4 Å². The quantitative estimate of drug-likeness (QED) is 0.653. The molecule has 0 atom stereocenters. The monoisotopic (exact) mass is 449 g/mol. The van der Waals surface area contributed by atoms with E-state index in [1.54, 1.807) is 23.1 Å². The van der Waals surface area contributed by atoms with Crippen LogP contribution < -0.4 is 4.90 Å². The molecule has 1 saturated heterocycles. The number of aromatic amines is 1. The van der Waals surface area contributed by atoms with Gasteiger partial charge in [0.25, 0.3) is 0 Å². The zero-order valence-corrected chi connectivity index (χ0v) is 17.1. The molecule has 1 N–H and O–H groups in total. The second kappa shape index (κ2) is 8.58. The van der Waals surface area contributed by atoms with Crippen molar-refractivity contribution in [1.82, 2.24) is 19.9 Å². The minimum absolute atomic E-state index is 0.0225. The summed E-state index contributed by atoms with van der Waals surface area (Å²) in [6, 6.07) is 10.7. The first-order valence-corrected chi connectivity index (χ1v) is 10.0. The summed E-state index contributed by atoms with van der Waals surface area (Å²) >= 11 is 6.14. The molecule has 6 nitrogen and oxygen atoms in total. The minimum atomic E-state index is -4.47. The van der Waals surface area contributed by atoms with Crippen LogP contribution in [-0.4, -0.2) is 51.9 Å². The molecule has 1 aromatic carbocycles. The standard InChI is InChI=1S/C21H19ClF3N5O/c22-16-4-2-1-3-14(16)11-19(31)30-9-7-29(8-10-30)18-6-5-15(12-26-18)20-27-13-17(28-20)21(23,24)25/h1-6,12-13H,7-11H2,(H,27,28). The van der Waals surface area contributed by atoms with Gasteiger partial charge in [0.2, 0.25) is 5.91 Å². The van der Waals surface area contributed by atoms with Crippen molar-refractivity contribution in [3.63, 3.8) is 0 Å². The van der Waals surface area contributed by atoms with E-state index in [1.807, 2.05) is 23.1 Å². The number of pyridine rings is 1. The smallest absolute Gasteiger partial charge is 0.353 e. The molecule has 0 bridgehead atoms. The van der Waals surface area contributed by atoms with Crippen molar-refractivity contribution >= 4 is 23.3 Å². The number of benzene rings is 1. The molecule has 0 radical (unpaired) electrons. The van der Waals surface area contributed by atoms with Crippen LogP contribution >= 0.6 is 11.6 Å². The Hall–Kier alpha value is -3.07. The number of imidazole rings is 1. The van der Waals surface area contributed by atoms with E-state index < -0.39 is 11.9 Å². The van der Waals surface area contributed by atoms with Gasteiger partial charge in [0.05, 0.1) is 12.6 Å². The lowest BCUT2D eigenvalue weighted by Gasteiger charge is -2.35. The van der Waals surface area contributed by atoms with Crippen LogP contribution in [-0.2, 0) is 17.4 Å². The Labute approximate surface area is 181 Å². The van der Waals surface area contributed by atoms with Gasteiger partial charge in [-0.25, -0.2) is 9.97 Å². The summed E-state index contributed by atoms with van der Waals surface area (Å²) in [4.78, 5) is 26.8. The van der Waals surface area contributed by atoms with E-state index in [9.17, 15) is 18.0 Å². The van der Waals surface area contributed by atoms with E-state index in [0.717, 1.165) is 11.8 Å². The number of halogens is 4. The average molecular weight is 450 g/mol. The fourth-order valence-electron chi connectivity index (χ4n) is 3.43. The molecular weight excluding hydrogens is 431 g/mol. The summed E-state index contributed by atoms with van der Waals surface area (Å²) in [6.45, 7) is 2.33. The summed E-state index contributed by atoms with van der Waals surface area (Å²) in [5, 5.41) is 0.581. The van der Waals surface area contributed by atoms with Gasteiger partial charge in [0, 0.05) is 43.0 Å². The molecule has 0 spiro atoms. The van der Waals surface area contributed by atoms with E-state index >= 15 is 0 Å². The number of carbonyl (C=O) groups is 1. The van der Waals surface area contributed by atoms with Gasteiger partial charge in [0.1, 0.15) is 17.3 Å². The van der Waals surface area contributed by atoms with Crippen LogP contribution in [0.1, 0.15) is 11.3 Å². The van der Waals surface area contributed by atoms with Crippen molar-refractivity contribution < 1.29 is 18.0 Å². The molecular formula is C21H19ClF3N5O. The summed E-state index contributed by atoms with van der Waals surface area (Å²) < 4.78 is 38.2. The third-order valence-corrected chi connectivity index (χ3v) is 5.53. The SMILES string of the molecule is O=C(Cc1ccccc1Cl)N1CCN(c2ccc(-c3ncc(C(F)(F)F)[nH]3)cn2)CC1. The van der Waals surface area contributed by atoms with Gasteiger partial charge in [0.15, 0.2) is 0 Å². The zero-order valence-electron chi connectivity index (χ0n) is 16.4. The number of aromatic nitrogens is 3. The lowest BCUT2D eigenvalue weighted by atomic mass is 10.1. The van der Waals surface area contributed by atoms with Gasteiger partial charge in [-0.3, -0.25) is 4.79 Å². The van der Waals surface area contributed by atoms with E-state index in [4.69, 9.17) is 11.6 Å². The van der Waals surface area contributed by atoms with E-state index in [1.165, 1.54) is 6.20 Å². The molecule has 3 heterocycles. The van der Waals surface area contributed by atoms with Crippen molar-refractivity contribution in [2.75, 3.05) is 31.1 Å². The molecule has 1 aliphatic heterocycles. The van der Waals surface area contributed by atoms with Gasteiger partial charge in [-0.2, -0.15) is 13.2 Å². The van der Waals surface area contributed by atoms with E-state index in [2.05, 4.69) is 15.0 Å². The molecule has 1 fully saturated rings. The highest BCUT2D eigenvalue weighted by atomic mass is 35.5. The van der Waals surface area contributed by atoms with E-state index in [-0.39, 0.29) is 18.2 Å². The summed E-state index contributed by atoms with van der Waals surface area (Å²) in [6.07, 6.45) is -1.96. The topological polar surface area (TPSA) is 65.1 Å². The number of amides is 1. The number of alkyl halides is 3. The molecule has 1 amide bonds. The van der Waals surface area contributed by atoms with E-state index in [0.29, 0.717) is 42.6 Å². The molecule has 4 rings (SSSR count). The normalized spacial score (nSPS) is 14.7. The first-order valence-electron chi connectivity index (χ1n) is 9.66. The largest absolute Gasteiger partial charge is 0.432 e. The maximum Gasteiger partial charge on any atom is 0.432 e. The fraction of sp³-hybridized carbons (Fsp3) is 0.286. The van der Waals surface area contributed by atoms with Crippen molar-refractivity contribution in [2.45, 2.75) is 12.6 Å². The summed E-state index contributed by atoms with van der Waals surface area (Å²) in [7, 11) is 0. The Morgan fingerprint density at radius 3 is 2.39 bits per heavy atom. The fourth-order valence-corrected chi connectivity index (χ4v) is 3.63. The Morgan fingerprint density at radius 1 is 1.03 bits per heavy atom. The highest BCUT2D eigenvalue weighted by Gasteiger charge is 2.33. The number of hydrogen-bond donors (Lipinski definition) is 1. The molecule has 3 aromatic rings. The molecule has 0 aliphatic carbocycles. The van der Waals surface area contributed by atoms with Crippen LogP contribution in [0.15, 0.2) is 48.8 Å². The number of carbonyl (C=O) groups excluding carboxylic acids is 1. The van der Waals surface area contributed by atoms with Crippen molar-refractivity contribution in [1.29, 1.82) is 0 Å². The van der Waals surface area contributed by atoms with Crippen molar-refractivity contribution in [2.24, 2.45) is 0 Å². The van der Waals surface area contributed by atoms with Crippen LogP contribution in [0.3, 0.4) is 0 Å². The first kappa shape index (κ1) is 21.2. The van der Waals surface area contributed by atoms with Crippen molar-refractivity contribution in [3.8, 4) is 11.4 Å². The number of nitrogens with zero attached hydrogens (tertiary/aromatic N) is 4. The number of nitrogens with one attached hydrogen (secondary N) is 1. The Balaban J connectivity index is 1.35. The zero-order chi connectivity index (χ0) is 22.0. The van der Waals surface area contributed by atoms with Gasteiger partial charge in [-0.05, 0) is 23.8 Å². The predicted octanol–water partition coefficient (Wildman–Crippen LogP) is 4.04. The lowest BCUT2D eigenvalue weighted by Crippen LogP contribution is -2.49. The van der Waals surface area contributed by atoms with Crippen LogP contribution in [0.4, 0.5) is 19.0 Å². The van der Waals surface area contributed by atoms with Gasteiger partial charge in [-0.15, -0.1) is 0 Å². The Morgan fingerprint density at radius 2 is 1.77 bits per heavy atom. The summed E-state index contributed by atoms with van der Waals surface area (Å²) in [5.74, 6) is 0.834. The highest BCUT2D eigenvalue weighted by Crippen LogP contribution is 2.29. The van der Waals surface area contributed by atoms with Crippen LogP contribution in [0.5, 0.6) is 0 Å². The molecule has 1 aliphatic rings. The third-order valence-electron chi connectivity index (χ3n) is 5.16. The second-order valence-corrected chi connectivity index (χ2v) is 7.59. The maximum absolute atomic E-state index is 12.7. The molecule has 0 saturated carbocycles. The number of hydrogen-bond acceptors (Lipinski definition) is 4. The second-order valence-electron chi connectivity index (χ2n) is 7.18. The number of piperazine rings is 1. The number of anilines is 1. The summed E-state index contributed by atoms with van der Waals surface area (Å²) in [5.41, 5.74) is 0.373. The van der Waals surface area contributed by atoms with Crippen molar-refractivity contribution in [3.05, 3.63) is 65.1 Å². The average Bonchev–Trinajstić information content (AvgIpc) is 3.27.